The molecule has 0 aliphatic heterocycles. The van der Waals surface area contributed by atoms with Crippen LogP contribution in [0.3, 0.4) is 0 Å². The predicted molar refractivity (Wildman–Crippen MR) is 112 cm³/mol. The lowest BCUT2D eigenvalue weighted by Crippen LogP contribution is -2.02. The van der Waals surface area contributed by atoms with Gasteiger partial charge in [-0.25, -0.2) is 4.68 Å². The molecule has 0 saturated carbocycles. The topological polar surface area (TPSA) is 89.8 Å². The summed E-state index contributed by atoms with van der Waals surface area (Å²) in [6.45, 7) is 4.05. The van der Waals surface area contributed by atoms with Crippen molar-refractivity contribution in [2.75, 3.05) is 0 Å². The fourth-order valence-electron chi connectivity index (χ4n) is 2.90. The first-order valence-corrected chi connectivity index (χ1v) is 10.3. The van der Waals surface area contributed by atoms with Gasteiger partial charge in [0.2, 0.25) is 0 Å². The number of benzene rings is 2. The molecule has 4 aromatic rings. The molecule has 0 atom stereocenters. The van der Waals surface area contributed by atoms with E-state index in [-0.39, 0.29) is 6.61 Å². The molecular weight excluding hydrogens is 398 g/mol. The third kappa shape index (κ3) is 4.36. The van der Waals surface area contributed by atoms with Crippen LogP contribution in [0, 0.1) is 25.2 Å². The molecule has 150 valence electrons. The van der Waals surface area contributed by atoms with Crippen molar-refractivity contribution in [3.05, 3.63) is 83.0 Å². The van der Waals surface area contributed by atoms with Gasteiger partial charge in [0.15, 0.2) is 6.61 Å². The molecule has 8 heteroatoms. The summed E-state index contributed by atoms with van der Waals surface area (Å²) in [5.74, 6) is 1.61. The van der Waals surface area contributed by atoms with Crippen molar-refractivity contribution in [2.45, 2.75) is 31.4 Å². The van der Waals surface area contributed by atoms with Gasteiger partial charge in [-0.3, -0.25) is 0 Å². The molecule has 0 unspecified atom stereocenters. The average molecular weight is 417 g/mol. The number of ether oxygens (including phenoxy) is 1. The number of hydrogen-bond acceptors (Lipinski definition) is 7. The molecule has 0 bridgehead atoms. The zero-order valence-electron chi connectivity index (χ0n) is 16.6. The summed E-state index contributed by atoms with van der Waals surface area (Å²) < 4.78 is 13.1. The second-order valence-electron chi connectivity index (χ2n) is 6.62. The summed E-state index contributed by atoms with van der Waals surface area (Å²) in [6, 6.07) is 19.7. The molecular formula is C22H19N5O2S. The van der Waals surface area contributed by atoms with E-state index in [0.29, 0.717) is 28.1 Å². The van der Waals surface area contributed by atoms with Crippen molar-refractivity contribution in [1.29, 1.82) is 5.26 Å². The maximum atomic E-state index is 9.58. The van der Waals surface area contributed by atoms with Crippen molar-refractivity contribution < 1.29 is 9.15 Å². The van der Waals surface area contributed by atoms with Crippen molar-refractivity contribution in [3.8, 4) is 17.5 Å². The highest BCUT2D eigenvalue weighted by Crippen LogP contribution is 2.27. The number of nitriles is 1. The van der Waals surface area contributed by atoms with Gasteiger partial charge >= 0.3 is 0 Å². The zero-order valence-corrected chi connectivity index (χ0v) is 17.4. The largest absolute Gasteiger partial charge is 0.484 e. The minimum absolute atomic E-state index is 0.196. The van der Waals surface area contributed by atoms with Crippen LogP contribution < -0.4 is 4.74 Å². The van der Waals surface area contributed by atoms with E-state index in [4.69, 9.17) is 9.15 Å². The van der Waals surface area contributed by atoms with E-state index in [1.54, 1.807) is 4.68 Å². The molecule has 4 rings (SSSR count). The lowest BCUT2D eigenvalue weighted by Gasteiger charge is -2.06. The van der Waals surface area contributed by atoms with Crippen molar-refractivity contribution in [1.82, 2.24) is 20.0 Å². The molecule has 0 N–H and O–H groups in total. The van der Waals surface area contributed by atoms with Crippen LogP contribution >= 0.6 is 11.8 Å². The summed E-state index contributed by atoms with van der Waals surface area (Å²) >= 11 is 1.36. The van der Waals surface area contributed by atoms with E-state index in [9.17, 15) is 5.26 Å². The molecule has 2 aromatic carbocycles. The average Bonchev–Trinajstić information content (AvgIpc) is 3.36. The normalized spacial score (nSPS) is 10.7. The quantitative estimate of drug-likeness (QED) is 0.405. The maximum Gasteiger partial charge on any atom is 0.277 e. The van der Waals surface area contributed by atoms with Crippen LogP contribution in [0.2, 0.25) is 0 Å². The highest BCUT2D eigenvalue weighted by molar-refractivity contribution is 7.98. The van der Waals surface area contributed by atoms with Gasteiger partial charge in [-0.2, -0.15) is 10.4 Å². The summed E-state index contributed by atoms with van der Waals surface area (Å²) in [4.78, 5) is 0. The number of thioether (sulfide) groups is 1. The predicted octanol–water partition coefficient (Wildman–Crippen LogP) is 4.62. The Bertz CT molecular complexity index is 1180. The van der Waals surface area contributed by atoms with Crippen LogP contribution in [0.1, 0.15) is 28.4 Å². The van der Waals surface area contributed by atoms with Gasteiger partial charge in [0, 0.05) is 5.75 Å². The fraction of sp³-hybridized carbons (Fsp3) is 0.182. The van der Waals surface area contributed by atoms with Crippen LogP contribution in [0.15, 0.2) is 64.2 Å². The SMILES string of the molecule is Cc1ccc(OCc2nnc(SCc3c(C#N)c(C)nn3-c3ccccc3)o2)cc1. The molecule has 0 aliphatic carbocycles. The first kappa shape index (κ1) is 19.7. The van der Waals surface area contributed by atoms with E-state index in [0.717, 1.165) is 17.1 Å². The highest BCUT2D eigenvalue weighted by Gasteiger charge is 2.18. The van der Waals surface area contributed by atoms with Gasteiger partial charge in [-0.15, -0.1) is 10.2 Å². The zero-order chi connectivity index (χ0) is 20.9. The first-order valence-electron chi connectivity index (χ1n) is 9.32. The van der Waals surface area contributed by atoms with Gasteiger partial charge in [0.1, 0.15) is 11.8 Å². The number of rotatable bonds is 7. The van der Waals surface area contributed by atoms with Gasteiger partial charge < -0.3 is 9.15 Å². The standard InChI is InChI=1S/C22H19N5O2S/c1-15-8-10-18(11-9-15)28-13-21-24-25-22(29-21)30-14-20-19(12-23)16(2)26-27(20)17-6-4-3-5-7-17/h3-11H,13-14H2,1-2H3. The smallest absolute Gasteiger partial charge is 0.277 e. The van der Waals surface area contributed by atoms with E-state index in [1.165, 1.54) is 17.3 Å². The molecule has 0 saturated heterocycles. The molecule has 0 radical (unpaired) electrons. The van der Waals surface area contributed by atoms with Crippen LogP contribution in [-0.2, 0) is 12.4 Å². The van der Waals surface area contributed by atoms with Crippen LogP contribution in [0.4, 0.5) is 0 Å². The van der Waals surface area contributed by atoms with E-state index < -0.39 is 0 Å². The van der Waals surface area contributed by atoms with Crippen molar-refractivity contribution in [2.24, 2.45) is 0 Å². The van der Waals surface area contributed by atoms with Crippen molar-refractivity contribution >= 4 is 11.8 Å². The molecule has 0 fully saturated rings. The summed E-state index contributed by atoms with van der Waals surface area (Å²) in [5, 5.41) is 22.6. The molecule has 0 amide bonds. The Hall–Kier alpha value is -3.57. The minimum atomic E-state index is 0.196. The van der Waals surface area contributed by atoms with Crippen molar-refractivity contribution in [3.63, 3.8) is 0 Å². The second-order valence-corrected chi connectivity index (χ2v) is 7.54. The maximum absolute atomic E-state index is 9.58. The summed E-state index contributed by atoms with van der Waals surface area (Å²) in [7, 11) is 0. The third-order valence-corrected chi connectivity index (χ3v) is 5.26. The molecule has 2 aromatic heterocycles. The van der Waals surface area contributed by atoms with E-state index in [2.05, 4.69) is 21.4 Å². The fourth-order valence-corrected chi connectivity index (χ4v) is 3.68. The molecule has 7 nitrogen and oxygen atoms in total. The summed E-state index contributed by atoms with van der Waals surface area (Å²) in [5.41, 5.74) is 4.11. The molecule has 0 spiro atoms. The molecule has 0 aliphatic rings. The highest BCUT2D eigenvalue weighted by atomic mass is 32.2. The number of aryl methyl sites for hydroxylation is 2. The van der Waals surface area contributed by atoms with Crippen LogP contribution in [0.5, 0.6) is 5.75 Å². The Morgan fingerprint density at radius 1 is 1.07 bits per heavy atom. The molecule has 2 heterocycles. The Kier molecular flexibility index (Phi) is 5.82. The lowest BCUT2D eigenvalue weighted by molar-refractivity contribution is 0.252. The Morgan fingerprint density at radius 2 is 1.83 bits per heavy atom. The van der Waals surface area contributed by atoms with E-state index >= 15 is 0 Å². The summed E-state index contributed by atoms with van der Waals surface area (Å²) in [6.07, 6.45) is 0. The van der Waals surface area contributed by atoms with Gasteiger partial charge in [-0.1, -0.05) is 47.7 Å². The van der Waals surface area contributed by atoms with Crippen LogP contribution in [-0.4, -0.2) is 20.0 Å². The van der Waals surface area contributed by atoms with Crippen LogP contribution in [0.25, 0.3) is 5.69 Å². The molecule has 30 heavy (non-hydrogen) atoms. The van der Waals surface area contributed by atoms with Gasteiger partial charge in [0.25, 0.3) is 11.1 Å². The van der Waals surface area contributed by atoms with E-state index in [1.807, 2.05) is 68.4 Å². The Balaban J connectivity index is 1.45. The minimum Gasteiger partial charge on any atom is -0.484 e. The Labute approximate surface area is 178 Å². The number of nitrogens with zero attached hydrogens (tertiary/aromatic N) is 5. The lowest BCUT2D eigenvalue weighted by atomic mass is 10.2. The Morgan fingerprint density at radius 3 is 2.57 bits per heavy atom. The number of aromatic nitrogens is 4. The second kappa shape index (κ2) is 8.84. The first-order chi connectivity index (χ1) is 14.6. The van der Waals surface area contributed by atoms with Gasteiger partial charge in [0.05, 0.1) is 22.6 Å². The monoisotopic (exact) mass is 417 g/mol. The van der Waals surface area contributed by atoms with Gasteiger partial charge in [-0.05, 0) is 38.1 Å². The third-order valence-electron chi connectivity index (χ3n) is 4.43. The number of hydrogen-bond donors (Lipinski definition) is 0. The number of para-hydroxylation sites is 1.